The minimum Gasteiger partial charge on any atom is -0.759 e. The SMILES string of the molecule is NCCN.O=S(=O)([O-])[O-].[Co+2]. The zero-order chi connectivity index (χ0) is 7.91. The first-order valence-corrected chi connectivity index (χ1v) is 3.32. The molecule has 0 aliphatic carbocycles. The van der Waals surface area contributed by atoms with Gasteiger partial charge in [0.15, 0.2) is 0 Å². The second kappa shape index (κ2) is 9.30. The molecule has 0 aliphatic heterocycles. The first-order valence-electron chi connectivity index (χ1n) is 1.98. The van der Waals surface area contributed by atoms with Gasteiger partial charge < -0.3 is 20.6 Å². The van der Waals surface area contributed by atoms with Gasteiger partial charge in [-0.2, -0.15) is 0 Å². The van der Waals surface area contributed by atoms with E-state index >= 15 is 0 Å². The van der Waals surface area contributed by atoms with E-state index in [2.05, 4.69) is 0 Å². The molecule has 0 atom stereocenters. The predicted octanol–water partition coefficient (Wildman–Crippen LogP) is -2.44. The monoisotopic (exact) mass is 215 g/mol. The van der Waals surface area contributed by atoms with Gasteiger partial charge >= 0.3 is 16.8 Å². The molecular formula is C2H8CoN2O4S. The minimum atomic E-state index is -5.17. The molecule has 10 heavy (non-hydrogen) atoms. The Kier molecular flexibility index (Phi) is 15.5. The summed E-state index contributed by atoms with van der Waals surface area (Å²) in [6, 6.07) is 0. The molecule has 0 aliphatic rings. The van der Waals surface area contributed by atoms with Crippen molar-refractivity contribution in [2.75, 3.05) is 13.1 Å². The van der Waals surface area contributed by atoms with Crippen LogP contribution in [0.15, 0.2) is 0 Å². The topological polar surface area (TPSA) is 132 Å². The van der Waals surface area contributed by atoms with Crippen LogP contribution in [0.2, 0.25) is 0 Å². The van der Waals surface area contributed by atoms with Crippen molar-refractivity contribution in [2.45, 2.75) is 0 Å². The first-order chi connectivity index (χ1) is 3.91. The summed E-state index contributed by atoms with van der Waals surface area (Å²) in [6.07, 6.45) is 0. The Morgan fingerprint density at radius 2 is 1.20 bits per heavy atom. The molecule has 0 aromatic rings. The van der Waals surface area contributed by atoms with E-state index < -0.39 is 10.4 Å². The molecule has 0 heterocycles. The quantitative estimate of drug-likeness (QED) is 0.369. The molecule has 0 aromatic heterocycles. The van der Waals surface area contributed by atoms with Crippen molar-refractivity contribution in [1.29, 1.82) is 0 Å². The summed E-state index contributed by atoms with van der Waals surface area (Å²) in [4.78, 5) is 0. The van der Waals surface area contributed by atoms with Gasteiger partial charge in [-0.1, -0.05) is 0 Å². The average Bonchev–Trinajstić information content (AvgIpc) is 1.61. The summed E-state index contributed by atoms with van der Waals surface area (Å²) in [5.41, 5.74) is 9.81. The molecule has 0 saturated carbocycles. The van der Waals surface area contributed by atoms with Gasteiger partial charge in [-0.25, -0.2) is 0 Å². The zero-order valence-corrected chi connectivity index (χ0v) is 6.80. The first kappa shape index (κ1) is 16.7. The van der Waals surface area contributed by atoms with Gasteiger partial charge in [-0.05, 0) is 0 Å². The van der Waals surface area contributed by atoms with Crippen molar-refractivity contribution < 1.29 is 34.3 Å². The molecule has 8 heteroatoms. The van der Waals surface area contributed by atoms with E-state index in [4.69, 9.17) is 29.0 Å². The molecule has 0 bridgehead atoms. The van der Waals surface area contributed by atoms with Crippen LogP contribution in [0.4, 0.5) is 0 Å². The van der Waals surface area contributed by atoms with Gasteiger partial charge in [-0.15, -0.1) is 0 Å². The van der Waals surface area contributed by atoms with Crippen LogP contribution in [0, 0.1) is 0 Å². The molecule has 0 rings (SSSR count). The van der Waals surface area contributed by atoms with Gasteiger partial charge in [0.25, 0.3) is 0 Å². The fourth-order valence-corrected chi connectivity index (χ4v) is 0. The molecule has 0 spiro atoms. The Bertz CT molecular complexity index is 124. The normalized spacial score (nSPS) is 8.80. The molecule has 0 saturated heterocycles. The Morgan fingerprint density at radius 1 is 1.10 bits per heavy atom. The third-order valence-electron chi connectivity index (χ3n) is 0.167. The van der Waals surface area contributed by atoms with Crippen LogP contribution in [0.5, 0.6) is 0 Å². The smallest absolute Gasteiger partial charge is 0.759 e. The number of hydrogen-bond acceptors (Lipinski definition) is 6. The van der Waals surface area contributed by atoms with Crippen LogP contribution in [-0.4, -0.2) is 30.6 Å². The van der Waals surface area contributed by atoms with Crippen molar-refractivity contribution in [1.82, 2.24) is 0 Å². The maximum absolute atomic E-state index is 8.52. The van der Waals surface area contributed by atoms with Crippen molar-refractivity contribution >= 4 is 10.4 Å². The molecule has 0 fully saturated rings. The Morgan fingerprint density at radius 3 is 1.20 bits per heavy atom. The summed E-state index contributed by atoms with van der Waals surface area (Å²) in [5.74, 6) is 0. The number of nitrogens with two attached hydrogens (primary N) is 2. The van der Waals surface area contributed by atoms with E-state index in [0.29, 0.717) is 13.1 Å². The van der Waals surface area contributed by atoms with Gasteiger partial charge in [-0.3, -0.25) is 8.42 Å². The third kappa shape index (κ3) is 263. The van der Waals surface area contributed by atoms with Gasteiger partial charge in [0.2, 0.25) is 0 Å². The van der Waals surface area contributed by atoms with E-state index in [1.807, 2.05) is 0 Å². The molecule has 1 radical (unpaired) electrons. The molecule has 65 valence electrons. The molecule has 0 amide bonds. The number of rotatable bonds is 1. The van der Waals surface area contributed by atoms with Crippen molar-refractivity contribution in [3.05, 3.63) is 0 Å². The zero-order valence-electron chi connectivity index (χ0n) is 4.94. The summed E-state index contributed by atoms with van der Waals surface area (Å²) in [6.45, 7) is 1.19. The summed E-state index contributed by atoms with van der Waals surface area (Å²) in [7, 11) is -5.17. The third-order valence-corrected chi connectivity index (χ3v) is 0.167. The molecule has 4 N–H and O–H groups in total. The van der Waals surface area contributed by atoms with Crippen molar-refractivity contribution in [2.24, 2.45) is 11.5 Å². The largest absolute Gasteiger partial charge is 2.00 e. The van der Waals surface area contributed by atoms with Crippen LogP contribution < -0.4 is 11.5 Å². The van der Waals surface area contributed by atoms with Crippen LogP contribution in [0.1, 0.15) is 0 Å². The van der Waals surface area contributed by atoms with E-state index in [0.717, 1.165) is 0 Å². The summed E-state index contributed by atoms with van der Waals surface area (Å²) >= 11 is 0. The maximum atomic E-state index is 8.52. The molecule has 6 nitrogen and oxygen atoms in total. The Balaban J connectivity index is -0.0000000910. The van der Waals surface area contributed by atoms with Gasteiger partial charge in [0, 0.05) is 23.5 Å². The fourth-order valence-electron chi connectivity index (χ4n) is 0. The fraction of sp³-hybridized carbons (Fsp3) is 1.00. The van der Waals surface area contributed by atoms with E-state index in [1.165, 1.54) is 0 Å². The number of hydrogen-bond donors (Lipinski definition) is 2. The van der Waals surface area contributed by atoms with E-state index in [-0.39, 0.29) is 16.8 Å². The predicted molar refractivity (Wildman–Crippen MR) is 28.6 cm³/mol. The van der Waals surface area contributed by atoms with Crippen LogP contribution in [-0.2, 0) is 27.2 Å². The standard InChI is InChI=1S/C2H8N2.Co.H2O4S/c3-1-2-4;;1-5(2,3)4/h1-4H2;;(H2,1,2,3,4)/q;+2;/p-2. The second-order valence-corrected chi connectivity index (χ2v) is 1.80. The summed E-state index contributed by atoms with van der Waals surface area (Å²) < 4.78 is 34.1. The van der Waals surface area contributed by atoms with Crippen LogP contribution >= 0.6 is 0 Å². The Hall–Kier alpha value is 0.296. The Labute approximate surface area is 69.7 Å². The van der Waals surface area contributed by atoms with Crippen LogP contribution in [0.25, 0.3) is 0 Å². The maximum Gasteiger partial charge on any atom is 2.00 e. The minimum absolute atomic E-state index is 0. The van der Waals surface area contributed by atoms with Crippen molar-refractivity contribution in [3.63, 3.8) is 0 Å². The average molecular weight is 215 g/mol. The van der Waals surface area contributed by atoms with Gasteiger partial charge in [0.05, 0.1) is 0 Å². The molecule has 0 unspecified atom stereocenters. The van der Waals surface area contributed by atoms with Crippen molar-refractivity contribution in [3.8, 4) is 0 Å². The molecular weight excluding hydrogens is 207 g/mol. The van der Waals surface area contributed by atoms with Crippen LogP contribution in [0.3, 0.4) is 0 Å². The molecule has 0 aromatic carbocycles. The second-order valence-electron chi connectivity index (χ2n) is 0.986. The summed E-state index contributed by atoms with van der Waals surface area (Å²) in [5, 5.41) is 0. The van der Waals surface area contributed by atoms with E-state index in [1.54, 1.807) is 0 Å². The van der Waals surface area contributed by atoms with E-state index in [9.17, 15) is 0 Å². The van der Waals surface area contributed by atoms with Gasteiger partial charge in [0.1, 0.15) is 0 Å².